The van der Waals surface area contributed by atoms with Gasteiger partial charge < -0.3 is 10.2 Å². The van der Waals surface area contributed by atoms with E-state index in [-0.39, 0.29) is 0 Å². The topological polar surface area (TPSA) is 52.0 Å². The minimum atomic E-state index is 0.437. The Morgan fingerprint density at radius 1 is 1.16 bits per heavy atom. The number of anilines is 1. The molecule has 0 spiro atoms. The molecule has 19 heavy (non-hydrogen) atoms. The zero-order chi connectivity index (χ0) is 13.6. The van der Waals surface area contributed by atoms with Gasteiger partial charge in [-0.1, -0.05) is 34.8 Å². The lowest BCUT2D eigenvalue weighted by atomic mass is 10.1. The molecule has 0 radical (unpaired) electrons. The first-order chi connectivity index (χ1) is 9.04. The van der Waals surface area contributed by atoms with Gasteiger partial charge in [0.2, 0.25) is 5.89 Å². The molecule has 0 aliphatic carbocycles. The van der Waals surface area contributed by atoms with E-state index in [4.69, 9.17) is 33.4 Å². The fourth-order valence-corrected chi connectivity index (χ4v) is 2.45. The summed E-state index contributed by atoms with van der Waals surface area (Å²) in [5.41, 5.74) is 9.53. The molecule has 3 rings (SSSR count). The first-order valence-electron chi connectivity index (χ1n) is 5.66. The van der Waals surface area contributed by atoms with Crippen LogP contribution in [0.1, 0.15) is 5.56 Å². The van der Waals surface area contributed by atoms with Gasteiger partial charge in [0.25, 0.3) is 0 Å². The van der Waals surface area contributed by atoms with Crippen LogP contribution in [-0.2, 0) is 0 Å². The molecule has 3 aromatic rings. The highest BCUT2D eigenvalue weighted by Gasteiger charge is 2.14. The fourth-order valence-electron chi connectivity index (χ4n) is 1.93. The molecule has 1 aromatic heterocycles. The van der Waals surface area contributed by atoms with E-state index in [9.17, 15) is 0 Å². The predicted molar refractivity (Wildman–Crippen MR) is 78.6 cm³/mol. The number of nitrogens with zero attached hydrogens (tertiary/aromatic N) is 1. The van der Waals surface area contributed by atoms with Gasteiger partial charge in [0.1, 0.15) is 5.52 Å². The van der Waals surface area contributed by atoms with Gasteiger partial charge in [0.15, 0.2) is 5.58 Å². The summed E-state index contributed by atoms with van der Waals surface area (Å²) in [6.45, 7) is 1.98. The second kappa shape index (κ2) is 4.44. The maximum atomic E-state index is 6.08. The van der Waals surface area contributed by atoms with Crippen LogP contribution in [0.4, 0.5) is 5.69 Å². The second-order valence-electron chi connectivity index (χ2n) is 4.35. The highest BCUT2D eigenvalue weighted by Crippen LogP contribution is 2.34. The Hall–Kier alpha value is -1.71. The Morgan fingerprint density at radius 3 is 2.74 bits per heavy atom. The van der Waals surface area contributed by atoms with Crippen molar-refractivity contribution in [2.75, 3.05) is 5.73 Å². The van der Waals surface area contributed by atoms with Crippen molar-refractivity contribution in [1.82, 2.24) is 4.98 Å². The summed E-state index contributed by atoms with van der Waals surface area (Å²) in [7, 11) is 0. The molecular formula is C14H10Cl2N2O. The number of halogens is 2. The molecule has 3 nitrogen and oxygen atoms in total. The molecular weight excluding hydrogens is 283 g/mol. The first-order valence-corrected chi connectivity index (χ1v) is 6.42. The predicted octanol–water partition coefficient (Wildman–Crippen LogP) is 4.69. The lowest BCUT2D eigenvalue weighted by molar-refractivity contribution is 0.620. The van der Waals surface area contributed by atoms with Gasteiger partial charge in [-0.2, -0.15) is 0 Å². The number of oxazole rings is 1. The van der Waals surface area contributed by atoms with Crippen LogP contribution in [0.2, 0.25) is 10.0 Å². The largest absolute Gasteiger partial charge is 0.434 e. The van der Waals surface area contributed by atoms with Crippen LogP contribution in [-0.4, -0.2) is 4.98 Å². The van der Waals surface area contributed by atoms with Crippen LogP contribution in [0.3, 0.4) is 0 Å². The molecule has 5 heteroatoms. The van der Waals surface area contributed by atoms with Gasteiger partial charge in [-0.3, -0.25) is 0 Å². The number of nitrogen functional groups attached to an aromatic ring is 1. The number of benzene rings is 2. The minimum Gasteiger partial charge on any atom is -0.434 e. The molecule has 0 aliphatic heterocycles. The second-order valence-corrected chi connectivity index (χ2v) is 5.19. The highest BCUT2D eigenvalue weighted by molar-refractivity contribution is 6.38. The quantitative estimate of drug-likeness (QED) is 0.662. The van der Waals surface area contributed by atoms with Crippen molar-refractivity contribution in [3.8, 4) is 11.5 Å². The Kier molecular flexibility index (Phi) is 2.88. The normalized spacial score (nSPS) is 11.1. The molecule has 0 saturated carbocycles. The zero-order valence-electron chi connectivity index (χ0n) is 10.1. The summed E-state index contributed by atoms with van der Waals surface area (Å²) >= 11 is 12.0. The lowest BCUT2D eigenvalue weighted by Crippen LogP contribution is -1.90. The standard InChI is InChI=1S/C14H10Cl2N2O/c1-7-2-3-11(17)9(4-7)14-18-12-6-8(15)5-10(16)13(12)19-14/h2-6H,17H2,1H3. The van der Waals surface area contributed by atoms with Gasteiger partial charge in [-0.25, -0.2) is 4.98 Å². The Labute approximate surface area is 119 Å². The Bertz CT molecular complexity index is 780. The molecule has 2 N–H and O–H groups in total. The van der Waals surface area contributed by atoms with Gasteiger partial charge in [-0.15, -0.1) is 0 Å². The summed E-state index contributed by atoms with van der Waals surface area (Å²) in [4.78, 5) is 4.39. The number of rotatable bonds is 1. The van der Waals surface area contributed by atoms with Gasteiger partial charge in [-0.05, 0) is 31.2 Å². The molecule has 0 amide bonds. The molecule has 0 bridgehead atoms. The number of nitrogens with two attached hydrogens (primary N) is 1. The monoisotopic (exact) mass is 292 g/mol. The van der Waals surface area contributed by atoms with E-state index in [2.05, 4.69) is 4.98 Å². The van der Waals surface area contributed by atoms with Gasteiger partial charge in [0, 0.05) is 10.7 Å². The maximum absolute atomic E-state index is 6.08. The third-order valence-electron chi connectivity index (χ3n) is 2.85. The minimum absolute atomic E-state index is 0.437. The third-order valence-corrected chi connectivity index (χ3v) is 3.35. The average Bonchev–Trinajstić information content (AvgIpc) is 2.76. The number of hydrogen-bond donors (Lipinski definition) is 1. The van der Waals surface area contributed by atoms with E-state index in [0.29, 0.717) is 32.7 Å². The van der Waals surface area contributed by atoms with E-state index in [1.165, 1.54) is 0 Å². The molecule has 2 aromatic carbocycles. The van der Waals surface area contributed by atoms with Crippen LogP contribution in [0.25, 0.3) is 22.6 Å². The third kappa shape index (κ3) is 2.15. The molecule has 0 aliphatic rings. The van der Waals surface area contributed by atoms with Gasteiger partial charge in [0.05, 0.1) is 10.6 Å². The van der Waals surface area contributed by atoms with Crippen molar-refractivity contribution >= 4 is 40.0 Å². The Morgan fingerprint density at radius 2 is 1.95 bits per heavy atom. The molecule has 1 heterocycles. The van der Waals surface area contributed by atoms with E-state index in [0.717, 1.165) is 11.1 Å². The SMILES string of the molecule is Cc1ccc(N)c(-c2nc3cc(Cl)cc(Cl)c3o2)c1. The van der Waals surface area contributed by atoms with Crippen molar-refractivity contribution in [2.24, 2.45) is 0 Å². The van der Waals surface area contributed by atoms with Crippen LogP contribution in [0.15, 0.2) is 34.7 Å². The smallest absolute Gasteiger partial charge is 0.229 e. The summed E-state index contributed by atoms with van der Waals surface area (Å²) in [6, 6.07) is 9.02. The molecule has 0 unspecified atom stereocenters. The van der Waals surface area contributed by atoms with E-state index in [1.54, 1.807) is 12.1 Å². The number of fused-ring (bicyclic) bond motifs is 1. The number of aromatic nitrogens is 1. The highest BCUT2D eigenvalue weighted by atomic mass is 35.5. The summed E-state index contributed by atoms with van der Waals surface area (Å²) in [5, 5.41) is 0.960. The van der Waals surface area contributed by atoms with Gasteiger partial charge >= 0.3 is 0 Å². The molecule has 0 atom stereocenters. The lowest BCUT2D eigenvalue weighted by Gasteiger charge is -2.01. The fraction of sp³-hybridized carbons (Fsp3) is 0.0714. The van der Waals surface area contributed by atoms with E-state index >= 15 is 0 Å². The van der Waals surface area contributed by atoms with Crippen molar-refractivity contribution in [2.45, 2.75) is 6.92 Å². The Balaban J connectivity index is 2.26. The first kappa shape index (κ1) is 12.3. The van der Waals surface area contributed by atoms with Crippen LogP contribution < -0.4 is 5.73 Å². The number of aryl methyl sites for hydroxylation is 1. The van der Waals surface area contributed by atoms with Crippen LogP contribution in [0.5, 0.6) is 0 Å². The molecule has 96 valence electrons. The average molecular weight is 293 g/mol. The van der Waals surface area contributed by atoms with E-state index in [1.807, 2.05) is 25.1 Å². The van der Waals surface area contributed by atoms with Crippen molar-refractivity contribution in [3.63, 3.8) is 0 Å². The van der Waals surface area contributed by atoms with Crippen molar-refractivity contribution in [3.05, 3.63) is 45.9 Å². The van der Waals surface area contributed by atoms with Crippen molar-refractivity contribution in [1.29, 1.82) is 0 Å². The zero-order valence-corrected chi connectivity index (χ0v) is 11.6. The maximum Gasteiger partial charge on any atom is 0.229 e. The molecule has 0 fully saturated rings. The number of hydrogen-bond acceptors (Lipinski definition) is 3. The van der Waals surface area contributed by atoms with Crippen LogP contribution >= 0.6 is 23.2 Å². The van der Waals surface area contributed by atoms with Crippen LogP contribution in [0, 0.1) is 6.92 Å². The molecule has 0 saturated heterocycles. The summed E-state index contributed by atoms with van der Waals surface area (Å²) in [6.07, 6.45) is 0. The summed E-state index contributed by atoms with van der Waals surface area (Å²) < 4.78 is 5.69. The summed E-state index contributed by atoms with van der Waals surface area (Å²) in [5.74, 6) is 0.445. The van der Waals surface area contributed by atoms with Crippen molar-refractivity contribution < 1.29 is 4.42 Å². The van der Waals surface area contributed by atoms with E-state index < -0.39 is 0 Å².